The monoisotopic (exact) mass is 577 g/mol. The maximum Gasteiger partial charge on any atom is 0.259 e. The highest BCUT2D eigenvalue weighted by atomic mass is 16.3. The van der Waals surface area contributed by atoms with E-state index in [2.05, 4.69) is 22.2 Å². The Balaban J connectivity index is 1.20. The predicted octanol–water partition coefficient (Wildman–Crippen LogP) is 1.22. The Labute approximate surface area is 252 Å². The summed E-state index contributed by atoms with van der Waals surface area (Å²) in [5.74, 6) is -2.28. The summed E-state index contributed by atoms with van der Waals surface area (Å²) in [5, 5.41) is 29.7. The molecule has 3 amide bonds. The van der Waals surface area contributed by atoms with Crippen LogP contribution in [-0.4, -0.2) is 84.0 Å². The minimum Gasteiger partial charge on any atom is -0.509 e. The van der Waals surface area contributed by atoms with Gasteiger partial charge in [0.05, 0.1) is 23.5 Å². The standard InChI is InChI=1S/C31H33B2N5O5/c1-31(7-2-8-31)15-36-9-5-17(6-10-36)37-14-16(13-34-37)11-18-23-24-19(12-21(39)26(23)33)30(43)38(27(24)28(41)25(18)32)20-3-4-22(40)35-29(20)42/h12-14,17,20,39,41H,2-11,15H2,1H3,(H,35,40,42). The Morgan fingerprint density at radius 3 is 2.49 bits per heavy atom. The number of nitrogens with zero attached hydrogens (tertiary/aromatic N) is 4. The number of phenols is 2. The quantitative estimate of drug-likeness (QED) is 0.297. The van der Waals surface area contributed by atoms with E-state index in [-0.39, 0.29) is 59.0 Å². The Kier molecular flexibility index (Phi) is 6.61. The fraction of sp³-hybridized carbons (Fsp3) is 0.484. The summed E-state index contributed by atoms with van der Waals surface area (Å²) in [4.78, 5) is 41.9. The molecule has 218 valence electrons. The largest absolute Gasteiger partial charge is 0.509 e. The van der Waals surface area contributed by atoms with E-state index in [0.29, 0.717) is 21.8 Å². The van der Waals surface area contributed by atoms with Crippen molar-refractivity contribution in [2.75, 3.05) is 24.5 Å². The SMILES string of the molecule is [B]c1c(O)c2c3c(cc(O)c([B])c3c1Cc1cnn(C3CCN(CC4(C)CCC4)CC3)c1)C(=O)N2C1CCC(=O)NC1=O. The van der Waals surface area contributed by atoms with E-state index in [1.807, 2.05) is 10.9 Å². The smallest absolute Gasteiger partial charge is 0.259 e. The average Bonchev–Trinajstić information content (AvgIpc) is 3.54. The summed E-state index contributed by atoms with van der Waals surface area (Å²) in [7, 11) is 12.9. The third-order valence-electron chi connectivity index (χ3n) is 10.0. The molecule has 2 aromatic carbocycles. The van der Waals surface area contributed by atoms with Crippen molar-refractivity contribution in [3.63, 3.8) is 0 Å². The summed E-state index contributed by atoms with van der Waals surface area (Å²) in [5.41, 5.74) is 1.99. The van der Waals surface area contributed by atoms with Crippen molar-refractivity contribution >= 4 is 60.8 Å². The van der Waals surface area contributed by atoms with Gasteiger partial charge < -0.3 is 15.1 Å². The van der Waals surface area contributed by atoms with E-state index >= 15 is 0 Å². The van der Waals surface area contributed by atoms with Crippen LogP contribution >= 0.6 is 0 Å². The van der Waals surface area contributed by atoms with Crippen molar-refractivity contribution in [3.05, 3.63) is 35.2 Å². The van der Waals surface area contributed by atoms with Crippen LogP contribution in [0.25, 0.3) is 10.8 Å². The maximum absolute atomic E-state index is 13.6. The van der Waals surface area contributed by atoms with Gasteiger partial charge in [-0.05, 0) is 71.0 Å². The van der Waals surface area contributed by atoms with Gasteiger partial charge >= 0.3 is 0 Å². The van der Waals surface area contributed by atoms with Crippen LogP contribution in [0.1, 0.15) is 79.4 Å². The summed E-state index contributed by atoms with van der Waals surface area (Å²) in [6.07, 6.45) is 10.2. The number of carbonyl (C=O) groups excluding carboxylic acids is 3. The summed E-state index contributed by atoms with van der Waals surface area (Å²) in [6, 6.07) is 0.512. The minimum atomic E-state index is -1.03. The first-order valence-electron chi connectivity index (χ1n) is 15.1. The van der Waals surface area contributed by atoms with Gasteiger partial charge in [-0.15, -0.1) is 0 Å². The fourth-order valence-corrected chi connectivity index (χ4v) is 7.50. The molecule has 7 rings (SSSR count). The van der Waals surface area contributed by atoms with Crippen LogP contribution in [0.2, 0.25) is 0 Å². The molecule has 1 saturated carbocycles. The fourth-order valence-electron chi connectivity index (χ4n) is 7.50. The van der Waals surface area contributed by atoms with Gasteiger partial charge in [0.15, 0.2) is 0 Å². The van der Waals surface area contributed by atoms with E-state index < -0.39 is 23.8 Å². The van der Waals surface area contributed by atoms with E-state index in [1.165, 1.54) is 30.2 Å². The number of imide groups is 1. The number of aromatic nitrogens is 2. The van der Waals surface area contributed by atoms with Crippen LogP contribution in [0.15, 0.2) is 18.5 Å². The molecule has 1 unspecified atom stereocenters. The Morgan fingerprint density at radius 1 is 1.07 bits per heavy atom. The second-order valence-corrected chi connectivity index (χ2v) is 13.0. The molecule has 1 aromatic heterocycles. The number of piperidine rings is 2. The number of aromatic hydroxyl groups is 2. The molecule has 4 heterocycles. The van der Waals surface area contributed by atoms with Crippen LogP contribution < -0.4 is 21.1 Å². The molecule has 3 aliphatic heterocycles. The molecule has 1 aliphatic carbocycles. The van der Waals surface area contributed by atoms with Crippen LogP contribution in [0.4, 0.5) is 5.69 Å². The molecule has 3 N–H and O–H groups in total. The van der Waals surface area contributed by atoms with E-state index in [9.17, 15) is 24.6 Å². The number of phenolic OH excluding ortho intramolecular Hbond substituents is 2. The predicted molar refractivity (Wildman–Crippen MR) is 163 cm³/mol. The first-order chi connectivity index (χ1) is 20.5. The van der Waals surface area contributed by atoms with Crippen molar-refractivity contribution in [2.45, 2.75) is 70.4 Å². The molecule has 4 radical (unpaired) electrons. The average molecular weight is 577 g/mol. The van der Waals surface area contributed by atoms with Crippen molar-refractivity contribution in [1.29, 1.82) is 0 Å². The highest BCUT2D eigenvalue weighted by Crippen LogP contribution is 2.46. The van der Waals surface area contributed by atoms with Gasteiger partial charge in [-0.1, -0.05) is 13.3 Å². The van der Waals surface area contributed by atoms with Crippen LogP contribution in [-0.2, 0) is 16.0 Å². The van der Waals surface area contributed by atoms with Gasteiger partial charge in [-0.2, -0.15) is 5.10 Å². The molecule has 1 atom stereocenters. The second kappa shape index (κ2) is 10.1. The lowest BCUT2D eigenvalue weighted by Crippen LogP contribution is -2.53. The van der Waals surface area contributed by atoms with Gasteiger partial charge in [-0.25, -0.2) is 0 Å². The Hall–Kier alpha value is -3.79. The minimum absolute atomic E-state index is 0.00305. The van der Waals surface area contributed by atoms with Gasteiger partial charge in [0.2, 0.25) is 11.8 Å². The molecule has 43 heavy (non-hydrogen) atoms. The lowest BCUT2D eigenvalue weighted by molar-refractivity contribution is -0.134. The number of benzene rings is 2. The summed E-state index contributed by atoms with van der Waals surface area (Å²) in [6.45, 7) is 5.63. The molecular weight excluding hydrogens is 544 g/mol. The molecule has 3 fully saturated rings. The number of carbonyl (C=O) groups is 3. The maximum atomic E-state index is 13.6. The number of likely N-dealkylation sites (tertiary alicyclic amines) is 1. The van der Waals surface area contributed by atoms with Gasteiger partial charge in [-0.3, -0.25) is 29.3 Å². The molecule has 2 saturated heterocycles. The summed E-state index contributed by atoms with van der Waals surface area (Å²) < 4.78 is 2.00. The number of nitrogens with one attached hydrogen (secondary N) is 1. The van der Waals surface area contributed by atoms with Crippen LogP contribution in [0.5, 0.6) is 11.5 Å². The van der Waals surface area contributed by atoms with Crippen molar-refractivity contribution in [1.82, 2.24) is 20.0 Å². The normalized spacial score (nSPS) is 22.3. The Bertz CT molecular complexity index is 1690. The van der Waals surface area contributed by atoms with Gasteiger partial charge in [0.1, 0.15) is 33.2 Å². The Morgan fingerprint density at radius 2 is 1.81 bits per heavy atom. The molecule has 12 heteroatoms. The van der Waals surface area contributed by atoms with Crippen molar-refractivity contribution < 1.29 is 24.6 Å². The molecule has 0 spiro atoms. The van der Waals surface area contributed by atoms with Gasteiger partial charge in [0.25, 0.3) is 5.91 Å². The number of anilines is 1. The highest BCUT2D eigenvalue weighted by molar-refractivity contribution is 6.47. The zero-order valence-corrected chi connectivity index (χ0v) is 24.2. The number of amides is 3. The van der Waals surface area contributed by atoms with Crippen molar-refractivity contribution in [2.24, 2.45) is 5.41 Å². The molecule has 3 aromatic rings. The first-order valence-corrected chi connectivity index (χ1v) is 15.1. The van der Waals surface area contributed by atoms with Gasteiger partial charge in [0, 0.05) is 44.1 Å². The van der Waals surface area contributed by atoms with Crippen LogP contribution in [0, 0.1) is 5.41 Å². The second-order valence-electron chi connectivity index (χ2n) is 13.0. The van der Waals surface area contributed by atoms with Crippen LogP contribution in [0.3, 0.4) is 0 Å². The highest BCUT2D eigenvalue weighted by Gasteiger charge is 2.44. The number of rotatable bonds is 6. The molecule has 4 aliphatic rings. The van der Waals surface area contributed by atoms with Crippen molar-refractivity contribution in [3.8, 4) is 11.5 Å². The lowest BCUT2D eigenvalue weighted by atomic mass is 9.70. The first kappa shape index (κ1) is 28.0. The third kappa shape index (κ3) is 4.53. The third-order valence-corrected chi connectivity index (χ3v) is 10.0. The molecule has 0 bridgehead atoms. The molecular formula is C31H33B2N5O5. The van der Waals surface area contributed by atoms with E-state index in [1.54, 1.807) is 6.20 Å². The zero-order valence-electron chi connectivity index (χ0n) is 24.2. The number of hydrogen-bond donors (Lipinski definition) is 3. The van der Waals surface area contributed by atoms with E-state index in [0.717, 1.165) is 38.0 Å². The lowest BCUT2D eigenvalue weighted by Gasteiger charge is -2.44. The molecule has 10 nitrogen and oxygen atoms in total. The number of hydrogen-bond acceptors (Lipinski definition) is 7. The summed E-state index contributed by atoms with van der Waals surface area (Å²) >= 11 is 0. The van der Waals surface area contributed by atoms with E-state index in [4.69, 9.17) is 15.7 Å². The zero-order chi connectivity index (χ0) is 30.2. The topological polar surface area (TPSA) is 128 Å².